The van der Waals surface area contributed by atoms with Crippen LogP contribution in [0, 0.1) is 0 Å². The zero-order valence-corrected chi connectivity index (χ0v) is 9.50. The molecule has 0 saturated heterocycles. The molecule has 0 spiro atoms. The number of fused-ring (bicyclic) bond motifs is 1. The standard InChI is InChI=1S/C12H20N2O/c1-2-5-10-11(7-9-15)14-8-4-3-6-12(14)13-10/h15H,2-9H2,1H3. The third-order valence-electron chi connectivity index (χ3n) is 3.10. The van der Waals surface area contributed by atoms with E-state index < -0.39 is 0 Å². The Morgan fingerprint density at radius 2 is 2.20 bits per heavy atom. The van der Waals surface area contributed by atoms with E-state index in [2.05, 4.69) is 11.5 Å². The summed E-state index contributed by atoms with van der Waals surface area (Å²) in [6, 6.07) is 0. The fraction of sp³-hybridized carbons (Fsp3) is 0.750. The second kappa shape index (κ2) is 4.79. The molecule has 1 aliphatic heterocycles. The summed E-state index contributed by atoms with van der Waals surface area (Å²) in [7, 11) is 0. The van der Waals surface area contributed by atoms with E-state index >= 15 is 0 Å². The third kappa shape index (κ3) is 2.07. The summed E-state index contributed by atoms with van der Waals surface area (Å²) in [4.78, 5) is 4.71. The van der Waals surface area contributed by atoms with Gasteiger partial charge in [0.05, 0.1) is 5.69 Å². The number of aryl methyl sites for hydroxylation is 2. The van der Waals surface area contributed by atoms with Crippen molar-refractivity contribution >= 4 is 0 Å². The van der Waals surface area contributed by atoms with Crippen LogP contribution in [0.5, 0.6) is 0 Å². The molecule has 0 amide bonds. The number of hydrogen-bond acceptors (Lipinski definition) is 2. The minimum Gasteiger partial charge on any atom is -0.396 e. The van der Waals surface area contributed by atoms with E-state index in [0.717, 1.165) is 32.2 Å². The zero-order valence-electron chi connectivity index (χ0n) is 9.50. The number of hydrogen-bond donors (Lipinski definition) is 1. The van der Waals surface area contributed by atoms with Gasteiger partial charge >= 0.3 is 0 Å². The van der Waals surface area contributed by atoms with Crippen LogP contribution in [0.25, 0.3) is 0 Å². The molecule has 0 radical (unpaired) electrons. The summed E-state index contributed by atoms with van der Waals surface area (Å²) >= 11 is 0. The van der Waals surface area contributed by atoms with Crippen molar-refractivity contribution in [3.63, 3.8) is 0 Å². The molecule has 0 bridgehead atoms. The fourth-order valence-electron chi connectivity index (χ4n) is 2.42. The van der Waals surface area contributed by atoms with E-state index in [1.165, 1.54) is 30.1 Å². The van der Waals surface area contributed by atoms with Crippen molar-refractivity contribution in [3.8, 4) is 0 Å². The number of nitrogens with zero attached hydrogens (tertiary/aromatic N) is 2. The number of rotatable bonds is 4. The highest BCUT2D eigenvalue weighted by Crippen LogP contribution is 2.21. The maximum Gasteiger partial charge on any atom is 0.109 e. The molecule has 3 heteroatoms. The van der Waals surface area contributed by atoms with Crippen LogP contribution in [-0.2, 0) is 25.8 Å². The Kier molecular flexibility index (Phi) is 3.41. The van der Waals surface area contributed by atoms with Gasteiger partial charge in [0, 0.05) is 31.7 Å². The van der Waals surface area contributed by atoms with Gasteiger partial charge < -0.3 is 9.67 Å². The molecule has 0 atom stereocenters. The van der Waals surface area contributed by atoms with Gasteiger partial charge in [-0.1, -0.05) is 13.3 Å². The van der Waals surface area contributed by atoms with Crippen molar-refractivity contribution in [2.45, 2.75) is 52.0 Å². The highest BCUT2D eigenvalue weighted by Gasteiger charge is 2.18. The minimum atomic E-state index is 0.238. The van der Waals surface area contributed by atoms with Crippen LogP contribution < -0.4 is 0 Å². The molecule has 3 nitrogen and oxygen atoms in total. The van der Waals surface area contributed by atoms with Crippen molar-refractivity contribution < 1.29 is 5.11 Å². The molecular weight excluding hydrogens is 188 g/mol. The largest absolute Gasteiger partial charge is 0.396 e. The Bertz CT molecular complexity index is 331. The summed E-state index contributed by atoms with van der Waals surface area (Å²) in [6.45, 7) is 3.52. The number of imidazole rings is 1. The quantitative estimate of drug-likeness (QED) is 0.818. The van der Waals surface area contributed by atoms with E-state index in [4.69, 9.17) is 10.1 Å². The lowest BCUT2D eigenvalue weighted by Gasteiger charge is -2.16. The van der Waals surface area contributed by atoms with Gasteiger partial charge in [-0.3, -0.25) is 0 Å². The first-order valence-electron chi connectivity index (χ1n) is 6.04. The first kappa shape index (κ1) is 10.7. The summed E-state index contributed by atoms with van der Waals surface area (Å²) in [6.07, 6.45) is 6.59. The van der Waals surface area contributed by atoms with Crippen molar-refractivity contribution in [3.05, 3.63) is 17.2 Å². The molecular formula is C12H20N2O. The zero-order chi connectivity index (χ0) is 10.7. The molecule has 2 heterocycles. The molecule has 15 heavy (non-hydrogen) atoms. The van der Waals surface area contributed by atoms with Gasteiger partial charge in [0.2, 0.25) is 0 Å². The monoisotopic (exact) mass is 208 g/mol. The first-order chi connectivity index (χ1) is 7.36. The smallest absolute Gasteiger partial charge is 0.109 e. The molecule has 1 aromatic heterocycles. The molecule has 84 valence electrons. The van der Waals surface area contributed by atoms with Gasteiger partial charge in [0.25, 0.3) is 0 Å². The molecule has 0 unspecified atom stereocenters. The van der Waals surface area contributed by atoms with Gasteiger partial charge in [0.15, 0.2) is 0 Å². The normalized spacial score (nSPS) is 15.3. The number of aromatic nitrogens is 2. The van der Waals surface area contributed by atoms with Gasteiger partial charge in [-0.2, -0.15) is 0 Å². The lowest BCUT2D eigenvalue weighted by molar-refractivity contribution is 0.295. The molecule has 1 aliphatic rings. The topological polar surface area (TPSA) is 38.0 Å². The van der Waals surface area contributed by atoms with Gasteiger partial charge in [-0.15, -0.1) is 0 Å². The van der Waals surface area contributed by atoms with Crippen molar-refractivity contribution in [2.75, 3.05) is 6.61 Å². The maximum absolute atomic E-state index is 9.09. The fourth-order valence-corrected chi connectivity index (χ4v) is 2.42. The van der Waals surface area contributed by atoms with Gasteiger partial charge in [-0.25, -0.2) is 4.98 Å². The van der Waals surface area contributed by atoms with Crippen LogP contribution in [0.4, 0.5) is 0 Å². The number of aliphatic hydroxyl groups is 1. The predicted octanol–water partition coefficient (Wildman–Crippen LogP) is 1.71. The summed E-state index contributed by atoms with van der Waals surface area (Å²) in [5.41, 5.74) is 2.51. The lowest BCUT2D eigenvalue weighted by atomic mass is 10.1. The average molecular weight is 208 g/mol. The third-order valence-corrected chi connectivity index (χ3v) is 3.10. The van der Waals surface area contributed by atoms with E-state index in [-0.39, 0.29) is 6.61 Å². The highest BCUT2D eigenvalue weighted by molar-refractivity contribution is 5.19. The maximum atomic E-state index is 9.09. The second-order valence-electron chi connectivity index (χ2n) is 4.25. The van der Waals surface area contributed by atoms with E-state index in [9.17, 15) is 0 Å². The molecule has 2 rings (SSSR count). The summed E-state index contributed by atoms with van der Waals surface area (Å²) in [5.74, 6) is 1.24. The lowest BCUT2D eigenvalue weighted by Crippen LogP contribution is -2.14. The van der Waals surface area contributed by atoms with Crippen LogP contribution in [0.15, 0.2) is 0 Å². The Labute approximate surface area is 91.1 Å². The molecule has 1 N–H and O–H groups in total. The second-order valence-corrected chi connectivity index (χ2v) is 4.25. The average Bonchev–Trinajstić information content (AvgIpc) is 2.59. The highest BCUT2D eigenvalue weighted by atomic mass is 16.3. The van der Waals surface area contributed by atoms with Crippen molar-refractivity contribution in [1.29, 1.82) is 0 Å². The Balaban J connectivity index is 2.32. The van der Waals surface area contributed by atoms with E-state index in [0.29, 0.717) is 0 Å². The predicted molar refractivity (Wildman–Crippen MR) is 59.9 cm³/mol. The minimum absolute atomic E-state index is 0.238. The SMILES string of the molecule is CCCc1nc2n(c1CCO)CCCC2. The van der Waals surface area contributed by atoms with Crippen molar-refractivity contribution in [1.82, 2.24) is 9.55 Å². The molecule has 0 fully saturated rings. The molecule has 0 aliphatic carbocycles. The number of aliphatic hydroxyl groups excluding tert-OH is 1. The van der Waals surface area contributed by atoms with Gasteiger partial charge in [-0.05, 0) is 19.3 Å². The first-order valence-corrected chi connectivity index (χ1v) is 6.04. The van der Waals surface area contributed by atoms with Crippen LogP contribution in [0.2, 0.25) is 0 Å². The Morgan fingerprint density at radius 3 is 2.93 bits per heavy atom. The van der Waals surface area contributed by atoms with Crippen molar-refractivity contribution in [2.24, 2.45) is 0 Å². The molecule has 0 aromatic carbocycles. The van der Waals surface area contributed by atoms with Crippen LogP contribution in [0.1, 0.15) is 43.4 Å². The molecule has 0 saturated carbocycles. The summed E-state index contributed by atoms with van der Waals surface area (Å²) < 4.78 is 2.34. The van der Waals surface area contributed by atoms with Crippen LogP contribution in [0.3, 0.4) is 0 Å². The van der Waals surface area contributed by atoms with Crippen LogP contribution in [-0.4, -0.2) is 21.3 Å². The van der Waals surface area contributed by atoms with E-state index in [1.54, 1.807) is 0 Å². The van der Waals surface area contributed by atoms with Gasteiger partial charge in [0.1, 0.15) is 5.82 Å². The van der Waals surface area contributed by atoms with Crippen LogP contribution >= 0.6 is 0 Å². The Morgan fingerprint density at radius 1 is 1.33 bits per heavy atom. The summed E-state index contributed by atoms with van der Waals surface area (Å²) in [5, 5.41) is 9.09. The molecule has 1 aromatic rings. The Hall–Kier alpha value is -0.830. The van der Waals surface area contributed by atoms with E-state index in [1.807, 2.05) is 0 Å².